The number of halogens is 3. The Balaban J connectivity index is 1.69. The number of alkyl halides is 3. The van der Waals surface area contributed by atoms with Crippen LogP contribution >= 0.6 is 0 Å². The fourth-order valence-electron chi connectivity index (χ4n) is 3.71. The van der Waals surface area contributed by atoms with Crippen molar-refractivity contribution in [1.82, 2.24) is 29.4 Å². The van der Waals surface area contributed by atoms with Crippen LogP contribution < -0.4 is 4.72 Å². The van der Waals surface area contributed by atoms with Gasteiger partial charge in [-0.1, -0.05) is 19.1 Å². The first-order valence-electron chi connectivity index (χ1n) is 10.6. The second-order valence-corrected chi connectivity index (χ2v) is 9.78. The highest BCUT2D eigenvalue weighted by atomic mass is 32.2. The van der Waals surface area contributed by atoms with E-state index in [1.54, 1.807) is 25.4 Å². The van der Waals surface area contributed by atoms with Crippen molar-refractivity contribution < 1.29 is 26.4 Å². The molecular formula is C22H22F3N7O3S. The van der Waals surface area contributed by atoms with E-state index >= 15 is 0 Å². The lowest BCUT2D eigenvalue weighted by Gasteiger charge is -2.14. The molecule has 0 saturated heterocycles. The molecule has 1 amide bonds. The van der Waals surface area contributed by atoms with Gasteiger partial charge in [-0.15, -0.1) is 0 Å². The van der Waals surface area contributed by atoms with Gasteiger partial charge in [-0.05, 0) is 24.1 Å². The average Bonchev–Trinajstić information content (AvgIpc) is 3.42. The van der Waals surface area contributed by atoms with Gasteiger partial charge in [0.15, 0.2) is 11.5 Å². The number of fused-ring (bicyclic) bond motifs is 1. The van der Waals surface area contributed by atoms with Gasteiger partial charge in [0, 0.05) is 32.7 Å². The van der Waals surface area contributed by atoms with Crippen LogP contribution in [0.4, 0.5) is 18.9 Å². The molecule has 1 aromatic carbocycles. The maximum atomic E-state index is 13.5. The lowest BCUT2D eigenvalue weighted by molar-refractivity contribution is -0.138. The molecule has 10 nitrogen and oxygen atoms in total. The summed E-state index contributed by atoms with van der Waals surface area (Å²) in [4.78, 5) is 17.3. The number of nitrogens with zero attached hydrogens (tertiary/aromatic N) is 6. The van der Waals surface area contributed by atoms with Gasteiger partial charge in [0.1, 0.15) is 10.5 Å². The summed E-state index contributed by atoms with van der Waals surface area (Å²) >= 11 is 0. The molecule has 0 unspecified atom stereocenters. The fraction of sp³-hybridized carbons (Fsp3) is 0.273. The second-order valence-electron chi connectivity index (χ2n) is 8.16. The second kappa shape index (κ2) is 8.93. The number of sulfonamides is 1. The number of carbonyl (C=O) groups excluding carboxylic acids is 1. The molecule has 1 N–H and O–H groups in total. The van der Waals surface area contributed by atoms with Gasteiger partial charge < -0.3 is 4.90 Å². The first-order chi connectivity index (χ1) is 16.8. The third-order valence-electron chi connectivity index (χ3n) is 5.45. The van der Waals surface area contributed by atoms with Crippen LogP contribution in [0.5, 0.6) is 0 Å². The lowest BCUT2D eigenvalue weighted by atomic mass is 10.1. The van der Waals surface area contributed by atoms with Gasteiger partial charge >= 0.3 is 6.18 Å². The van der Waals surface area contributed by atoms with Crippen LogP contribution in [0.2, 0.25) is 0 Å². The van der Waals surface area contributed by atoms with E-state index in [9.17, 15) is 26.4 Å². The maximum Gasteiger partial charge on any atom is 0.420 e. The molecule has 3 aromatic heterocycles. The van der Waals surface area contributed by atoms with Crippen molar-refractivity contribution in [3.05, 3.63) is 59.7 Å². The van der Waals surface area contributed by atoms with Gasteiger partial charge in [0.05, 0.1) is 23.6 Å². The third-order valence-corrected chi connectivity index (χ3v) is 6.95. The zero-order chi connectivity index (χ0) is 26.4. The molecule has 4 rings (SSSR count). The van der Waals surface area contributed by atoms with E-state index in [0.29, 0.717) is 29.1 Å². The first-order valence-corrected chi connectivity index (χ1v) is 12.1. The number of anilines is 1. The molecule has 14 heteroatoms. The number of hydrogen-bond donors (Lipinski definition) is 1. The van der Waals surface area contributed by atoms with E-state index in [0.717, 1.165) is 15.8 Å². The summed E-state index contributed by atoms with van der Waals surface area (Å²) in [6, 6.07) is 6.16. The molecule has 36 heavy (non-hydrogen) atoms. The van der Waals surface area contributed by atoms with Gasteiger partial charge in [0.25, 0.3) is 15.9 Å². The van der Waals surface area contributed by atoms with Crippen molar-refractivity contribution in [2.45, 2.75) is 24.4 Å². The zero-order valence-electron chi connectivity index (χ0n) is 19.7. The van der Waals surface area contributed by atoms with Crippen LogP contribution in [0.25, 0.3) is 16.7 Å². The maximum absolute atomic E-state index is 13.5. The molecule has 0 spiro atoms. The largest absolute Gasteiger partial charge is 0.420 e. The predicted octanol–water partition coefficient (Wildman–Crippen LogP) is 3.24. The van der Waals surface area contributed by atoms with Gasteiger partial charge in [-0.25, -0.2) is 18.1 Å². The molecule has 4 aromatic rings. The Morgan fingerprint density at radius 3 is 2.44 bits per heavy atom. The minimum atomic E-state index is -4.81. The van der Waals surface area contributed by atoms with Crippen molar-refractivity contribution in [3.63, 3.8) is 0 Å². The number of carbonyl (C=O) groups is 1. The summed E-state index contributed by atoms with van der Waals surface area (Å²) < 4.78 is 71.8. The normalized spacial score (nSPS) is 12.2. The number of aromatic nitrogens is 5. The summed E-state index contributed by atoms with van der Waals surface area (Å²) in [5.41, 5.74) is -0.842. The van der Waals surface area contributed by atoms with E-state index in [-0.39, 0.29) is 16.4 Å². The monoisotopic (exact) mass is 521 g/mol. The molecule has 0 bridgehead atoms. The Bertz CT molecular complexity index is 1560. The van der Waals surface area contributed by atoms with Crippen LogP contribution in [0.15, 0.2) is 47.8 Å². The highest BCUT2D eigenvalue weighted by Crippen LogP contribution is 2.33. The van der Waals surface area contributed by atoms with Crippen LogP contribution in [-0.4, -0.2) is 57.9 Å². The van der Waals surface area contributed by atoms with Gasteiger partial charge in [-0.2, -0.15) is 23.4 Å². The number of benzene rings is 1. The lowest BCUT2D eigenvalue weighted by Crippen LogP contribution is -2.25. The molecule has 190 valence electrons. The van der Waals surface area contributed by atoms with E-state index < -0.39 is 33.4 Å². The molecule has 0 aliphatic heterocycles. The Morgan fingerprint density at radius 1 is 1.14 bits per heavy atom. The van der Waals surface area contributed by atoms with Crippen LogP contribution in [0.1, 0.15) is 28.5 Å². The van der Waals surface area contributed by atoms with Crippen LogP contribution in [0, 0.1) is 0 Å². The molecule has 0 fully saturated rings. The number of amides is 1. The fourth-order valence-corrected chi connectivity index (χ4v) is 5.30. The Labute approximate surface area is 204 Å². The number of rotatable bonds is 6. The average molecular weight is 522 g/mol. The molecule has 0 saturated carbocycles. The summed E-state index contributed by atoms with van der Waals surface area (Å²) in [7, 11) is 0.209. The van der Waals surface area contributed by atoms with Crippen molar-refractivity contribution in [2.24, 2.45) is 7.05 Å². The first kappa shape index (κ1) is 25.2. The van der Waals surface area contributed by atoms with E-state index in [2.05, 4.69) is 19.9 Å². The van der Waals surface area contributed by atoms with E-state index in [1.807, 2.05) is 6.92 Å². The minimum absolute atomic E-state index is 0.0377. The summed E-state index contributed by atoms with van der Waals surface area (Å²) in [5, 5.41) is 8.58. The van der Waals surface area contributed by atoms with Crippen molar-refractivity contribution in [1.29, 1.82) is 0 Å². The SMILES string of the molecule is CCc1ccc2cnn(C)c2c1S(=O)(=O)Nc1ccc(-n2cc(C(F)(F)F)c(C(=O)N(C)C)n2)nc1. The number of aryl methyl sites for hydroxylation is 2. The van der Waals surface area contributed by atoms with E-state index in [1.165, 1.54) is 30.9 Å². The van der Waals surface area contributed by atoms with E-state index in [4.69, 9.17) is 0 Å². The Kier molecular flexibility index (Phi) is 6.24. The summed E-state index contributed by atoms with van der Waals surface area (Å²) in [5.74, 6) is -0.953. The number of nitrogens with one attached hydrogen (secondary N) is 1. The standard InChI is InChI=1S/C22H22F3N7O3S/c1-5-13-6-7-14-10-27-31(4)19(14)20(13)36(34,35)29-15-8-9-17(26-11-15)32-12-16(22(23,24)25)18(28-32)21(33)30(2)3/h6-12,29H,5H2,1-4H3. The topological polar surface area (TPSA) is 115 Å². The zero-order valence-corrected chi connectivity index (χ0v) is 20.5. The smallest absolute Gasteiger partial charge is 0.343 e. The van der Waals surface area contributed by atoms with Crippen LogP contribution in [0.3, 0.4) is 0 Å². The highest BCUT2D eigenvalue weighted by molar-refractivity contribution is 7.93. The quantitative estimate of drug-likeness (QED) is 0.417. The molecule has 3 heterocycles. The third kappa shape index (κ3) is 4.51. The minimum Gasteiger partial charge on any atom is -0.343 e. The molecule has 0 aliphatic carbocycles. The highest BCUT2D eigenvalue weighted by Gasteiger charge is 2.39. The summed E-state index contributed by atoms with van der Waals surface area (Å²) in [6.45, 7) is 1.83. The van der Waals surface area contributed by atoms with Crippen molar-refractivity contribution in [3.8, 4) is 5.82 Å². The molecular weight excluding hydrogens is 499 g/mol. The Morgan fingerprint density at radius 2 is 1.86 bits per heavy atom. The van der Waals surface area contributed by atoms with Gasteiger partial charge in [-0.3, -0.25) is 14.2 Å². The number of pyridine rings is 1. The Hall–Kier alpha value is -3.94. The molecule has 0 radical (unpaired) electrons. The van der Waals surface area contributed by atoms with Gasteiger partial charge in [0.2, 0.25) is 0 Å². The van der Waals surface area contributed by atoms with Crippen LogP contribution in [-0.2, 0) is 29.7 Å². The summed E-state index contributed by atoms with van der Waals surface area (Å²) in [6.07, 6.45) is -0.954. The predicted molar refractivity (Wildman–Crippen MR) is 125 cm³/mol. The van der Waals surface area contributed by atoms with Crippen molar-refractivity contribution >= 4 is 32.5 Å². The molecule has 0 atom stereocenters. The molecule has 0 aliphatic rings. The number of hydrogen-bond acceptors (Lipinski definition) is 6. The van der Waals surface area contributed by atoms with Crippen molar-refractivity contribution in [2.75, 3.05) is 18.8 Å².